The number of imide groups is 1. The maximum Gasteiger partial charge on any atom is 0.329 e. The van der Waals surface area contributed by atoms with Crippen molar-refractivity contribution in [3.05, 3.63) is 29.8 Å². The van der Waals surface area contributed by atoms with Crippen LogP contribution in [0.3, 0.4) is 0 Å². The maximum atomic E-state index is 13.5. The fourth-order valence-corrected chi connectivity index (χ4v) is 3.71. The van der Waals surface area contributed by atoms with E-state index >= 15 is 0 Å². The smallest absolute Gasteiger partial charge is 0.329 e. The molecule has 1 aromatic rings. The molecule has 2 fully saturated rings. The Morgan fingerprint density at radius 1 is 1.18 bits per heavy atom. The predicted molar refractivity (Wildman–Crippen MR) is 92.7 cm³/mol. The van der Waals surface area contributed by atoms with Gasteiger partial charge in [0, 0.05) is 6.07 Å². The Kier molecular flexibility index (Phi) is 5.71. The van der Waals surface area contributed by atoms with Crippen molar-refractivity contribution < 1.29 is 32.7 Å². The summed E-state index contributed by atoms with van der Waals surface area (Å²) in [5, 5.41) is 2.15. The molecule has 1 aliphatic carbocycles. The highest BCUT2D eigenvalue weighted by Crippen LogP contribution is 2.38. The molecule has 1 saturated heterocycles. The molecule has 1 saturated carbocycles. The highest BCUT2D eigenvalue weighted by atomic mass is 19.1. The molecule has 28 heavy (non-hydrogen) atoms. The van der Waals surface area contributed by atoms with Crippen LogP contribution in [-0.4, -0.2) is 41.2 Å². The number of halogens is 2. The number of rotatable bonds is 5. The van der Waals surface area contributed by atoms with E-state index < -0.39 is 36.2 Å². The van der Waals surface area contributed by atoms with Crippen LogP contribution in [0.4, 0.5) is 14.5 Å². The molecule has 1 heterocycles. The highest BCUT2D eigenvalue weighted by molar-refractivity contribution is 6.08. The van der Waals surface area contributed by atoms with Crippen molar-refractivity contribution in [2.75, 3.05) is 11.9 Å². The number of nitrogens with zero attached hydrogens (tertiary/aromatic N) is 1. The van der Waals surface area contributed by atoms with Crippen LogP contribution in [0.15, 0.2) is 18.2 Å². The molecule has 0 spiro atoms. The minimum atomic E-state index is -1.15. The molecule has 1 aliphatic heterocycles. The summed E-state index contributed by atoms with van der Waals surface area (Å²) >= 11 is 0. The number of carbonyl (C=O) groups excluding carboxylic acids is 4. The van der Waals surface area contributed by atoms with Gasteiger partial charge in [-0.05, 0) is 31.9 Å². The van der Waals surface area contributed by atoms with E-state index in [2.05, 4.69) is 5.32 Å². The summed E-state index contributed by atoms with van der Waals surface area (Å²) in [5.41, 5.74) is -0.260. The van der Waals surface area contributed by atoms with E-state index in [1.807, 2.05) is 0 Å². The molecule has 3 rings (SSSR count). The van der Waals surface area contributed by atoms with Gasteiger partial charge in [-0.25, -0.2) is 13.6 Å². The van der Waals surface area contributed by atoms with E-state index in [1.165, 1.54) is 6.92 Å². The fraction of sp³-hybridized carbons (Fsp3) is 0.474. The molecular formula is C19H20F2N2O5. The van der Waals surface area contributed by atoms with Gasteiger partial charge in [0.2, 0.25) is 11.8 Å². The lowest BCUT2D eigenvalue weighted by Gasteiger charge is -2.21. The lowest BCUT2D eigenvalue weighted by molar-refractivity contribution is -0.159. The van der Waals surface area contributed by atoms with E-state index in [-0.39, 0.29) is 29.3 Å². The SMILES string of the molecule is C[C@@H](C(=O)OCC(=O)Nc1ccc(F)cc1F)N1C(=O)[C@@H]2CCCC[C@H]2C1=O. The fourth-order valence-electron chi connectivity index (χ4n) is 3.71. The molecule has 0 bridgehead atoms. The number of nitrogens with one attached hydrogen (secondary N) is 1. The van der Waals surface area contributed by atoms with Gasteiger partial charge in [0.1, 0.15) is 17.7 Å². The van der Waals surface area contributed by atoms with Crippen LogP contribution in [0, 0.1) is 23.5 Å². The number of carbonyl (C=O) groups is 4. The average Bonchev–Trinajstić information content (AvgIpc) is 2.92. The third kappa shape index (κ3) is 3.88. The molecule has 0 aromatic heterocycles. The standard InChI is InChI=1S/C19H20F2N2O5/c1-10(23-17(25)12-4-2-3-5-13(12)18(23)26)19(27)28-9-16(24)22-15-7-6-11(20)8-14(15)21/h6-8,10,12-13H,2-5,9H2,1H3,(H,22,24)/t10-,12+,13+/m0/s1. The average molecular weight is 394 g/mol. The normalized spacial score (nSPS) is 22.6. The van der Waals surface area contributed by atoms with Gasteiger partial charge in [0.15, 0.2) is 6.61 Å². The molecule has 7 nitrogen and oxygen atoms in total. The third-order valence-corrected chi connectivity index (χ3v) is 5.15. The summed E-state index contributed by atoms with van der Waals surface area (Å²) in [6.07, 6.45) is 2.98. The van der Waals surface area contributed by atoms with Crippen molar-refractivity contribution in [2.45, 2.75) is 38.6 Å². The summed E-state index contributed by atoms with van der Waals surface area (Å²) in [7, 11) is 0. The van der Waals surface area contributed by atoms with Gasteiger partial charge < -0.3 is 10.1 Å². The first-order valence-electron chi connectivity index (χ1n) is 9.08. The summed E-state index contributed by atoms with van der Waals surface area (Å²) < 4.78 is 31.3. The van der Waals surface area contributed by atoms with E-state index in [9.17, 15) is 28.0 Å². The quantitative estimate of drug-likeness (QED) is 0.609. The Labute approximate surface area is 160 Å². The maximum absolute atomic E-state index is 13.5. The van der Waals surface area contributed by atoms with Gasteiger partial charge >= 0.3 is 5.97 Å². The predicted octanol–water partition coefficient (Wildman–Crippen LogP) is 2.01. The molecule has 150 valence electrons. The number of anilines is 1. The number of amides is 3. The van der Waals surface area contributed by atoms with Crippen molar-refractivity contribution in [1.29, 1.82) is 0 Å². The van der Waals surface area contributed by atoms with Gasteiger partial charge in [-0.1, -0.05) is 12.8 Å². The molecule has 3 amide bonds. The lowest BCUT2D eigenvalue weighted by Crippen LogP contribution is -2.45. The molecule has 3 atom stereocenters. The molecule has 0 unspecified atom stereocenters. The Morgan fingerprint density at radius 2 is 1.79 bits per heavy atom. The molecule has 1 aromatic carbocycles. The number of hydrogen-bond donors (Lipinski definition) is 1. The van der Waals surface area contributed by atoms with E-state index in [0.717, 1.165) is 29.9 Å². The van der Waals surface area contributed by atoms with Crippen molar-refractivity contribution in [2.24, 2.45) is 11.8 Å². The summed E-state index contributed by atoms with van der Waals surface area (Å²) in [6.45, 7) is 0.635. The Bertz CT molecular complexity index is 805. The second-order valence-electron chi connectivity index (χ2n) is 7.00. The van der Waals surface area contributed by atoms with Crippen LogP contribution in [-0.2, 0) is 23.9 Å². The molecule has 2 aliphatic rings. The van der Waals surface area contributed by atoms with E-state index in [0.29, 0.717) is 18.9 Å². The van der Waals surface area contributed by atoms with Crippen molar-refractivity contribution >= 4 is 29.4 Å². The lowest BCUT2D eigenvalue weighted by atomic mass is 9.81. The van der Waals surface area contributed by atoms with Crippen LogP contribution in [0.2, 0.25) is 0 Å². The zero-order valence-corrected chi connectivity index (χ0v) is 15.2. The first kappa shape index (κ1) is 19.9. The summed E-state index contributed by atoms with van der Waals surface area (Å²) in [5.74, 6) is -5.04. The topological polar surface area (TPSA) is 92.8 Å². The number of fused-ring (bicyclic) bond motifs is 1. The number of benzene rings is 1. The zero-order valence-electron chi connectivity index (χ0n) is 15.2. The Morgan fingerprint density at radius 3 is 2.36 bits per heavy atom. The molecule has 9 heteroatoms. The minimum Gasteiger partial charge on any atom is -0.454 e. The van der Waals surface area contributed by atoms with Gasteiger partial charge in [-0.3, -0.25) is 19.3 Å². The van der Waals surface area contributed by atoms with Gasteiger partial charge in [-0.15, -0.1) is 0 Å². The van der Waals surface area contributed by atoms with Crippen LogP contribution >= 0.6 is 0 Å². The van der Waals surface area contributed by atoms with Crippen molar-refractivity contribution in [3.8, 4) is 0 Å². The first-order valence-corrected chi connectivity index (χ1v) is 9.08. The van der Waals surface area contributed by atoms with Crippen LogP contribution < -0.4 is 5.32 Å². The van der Waals surface area contributed by atoms with Crippen LogP contribution in [0.25, 0.3) is 0 Å². The largest absolute Gasteiger partial charge is 0.454 e. The van der Waals surface area contributed by atoms with Gasteiger partial charge in [-0.2, -0.15) is 0 Å². The molecule has 0 radical (unpaired) electrons. The molecular weight excluding hydrogens is 374 g/mol. The first-order chi connectivity index (χ1) is 13.3. The number of esters is 1. The Balaban J connectivity index is 1.56. The Hall–Kier alpha value is -2.84. The summed E-state index contributed by atoms with van der Waals surface area (Å²) in [4.78, 5) is 50.0. The molecule has 1 N–H and O–H groups in total. The third-order valence-electron chi connectivity index (χ3n) is 5.15. The number of hydrogen-bond acceptors (Lipinski definition) is 5. The second-order valence-corrected chi connectivity index (χ2v) is 7.00. The van der Waals surface area contributed by atoms with Gasteiger partial charge in [0.05, 0.1) is 17.5 Å². The summed E-state index contributed by atoms with van der Waals surface area (Å²) in [6, 6.07) is 1.46. The zero-order chi connectivity index (χ0) is 20.4. The van der Waals surface area contributed by atoms with Crippen molar-refractivity contribution in [1.82, 2.24) is 4.90 Å². The number of ether oxygens (including phenoxy) is 1. The van der Waals surface area contributed by atoms with E-state index in [1.54, 1.807) is 0 Å². The second kappa shape index (κ2) is 8.04. The van der Waals surface area contributed by atoms with Gasteiger partial charge in [0.25, 0.3) is 5.91 Å². The van der Waals surface area contributed by atoms with Crippen molar-refractivity contribution in [3.63, 3.8) is 0 Å². The highest BCUT2D eigenvalue weighted by Gasteiger charge is 2.51. The van der Waals surface area contributed by atoms with Crippen LogP contribution in [0.1, 0.15) is 32.6 Å². The minimum absolute atomic E-state index is 0.260. The number of likely N-dealkylation sites (tertiary alicyclic amines) is 1. The van der Waals surface area contributed by atoms with E-state index in [4.69, 9.17) is 4.74 Å². The monoisotopic (exact) mass is 394 g/mol. The van der Waals surface area contributed by atoms with Crippen LogP contribution in [0.5, 0.6) is 0 Å².